The predicted molar refractivity (Wildman–Crippen MR) is 181 cm³/mol. The number of nitrogens with zero attached hydrogens (tertiary/aromatic N) is 1. The molecule has 3 aromatic rings. The number of fused-ring (bicyclic) bond motifs is 1. The molecule has 3 aliphatic rings. The topological polar surface area (TPSA) is 27.3 Å². The highest BCUT2D eigenvalue weighted by molar-refractivity contribution is 5.72. The number of likely N-dealkylation sites (tertiary alicyclic amines) is 1. The minimum Gasteiger partial charge on any atom is -0.373 e. The lowest BCUT2D eigenvalue weighted by atomic mass is 9.76. The van der Waals surface area contributed by atoms with Crippen LogP contribution in [0.2, 0.25) is 0 Å². The summed E-state index contributed by atoms with van der Waals surface area (Å²) >= 11 is 0. The quantitative estimate of drug-likeness (QED) is 0.239. The van der Waals surface area contributed by atoms with Gasteiger partial charge in [0.15, 0.2) is 0 Å². The Hall–Kier alpha value is -4.38. The molecule has 1 unspecified atom stereocenters. The molecule has 1 fully saturated rings. The van der Waals surface area contributed by atoms with Gasteiger partial charge < -0.3 is 15.5 Å². The van der Waals surface area contributed by atoms with Crippen molar-refractivity contribution in [3.8, 4) is 0 Å². The molecule has 3 aromatic carbocycles. The van der Waals surface area contributed by atoms with Crippen LogP contribution in [0.15, 0.2) is 114 Å². The molecule has 0 radical (unpaired) electrons. The van der Waals surface area contributed by atoms with Gasteiger partial charge in [0, 0.05) is 35.8 Å². The summed E-state index contributed by atoms with van der Waals surface area (Å²) in [5.74, 6) is -0.0371. The average molecular weight is 604 g/mol. The number of rotatable bonds is 9. The number of benzene rings is 3. The molecule has 5 heteroatoms. The van der Waals surface area contributed by atoms with Gasteiger partial charge in [-0.2, -0.15) is 0 Å². The Labute approximate surface area is 266 Å². The molecule has 0 saturated carbocycles. The third-order valence-electron chi connectivity index (χ3n) is 9.45. The van der Waals surface area contributed by atoms with Gasteiger partial charge in [0.25, 0.3) is 0 Å². The van der Waals surface area contributed by atoms with Crippen molar-refractivity contribution in [2.24, 2.45) is 5.41 Å². The first kappa shape index (κ1) is 30.6. The molecule has 3 nitrogen and oxygen atoms in total. The van der Waals surface area contributed by atoms with E-state index < -0.39 is 0 Å². The van der Waals surface area contributed by atoms with E-state index in [4.69, 9.17) is 0 Å². The van der Waals surface area contributed by atoms with Crippen molar-refractivity contribution in [2.45, 2.75) is 59.3 Å². The van der Waals surface area contributed by atoms with Crippen LogP contribution < -0.4 is 10.6 Å². The Morgan fingerprint density at radius 2 is 1.64 bits per heavy atom. The van der Waals surface area contributed by atoms with E-state index in [9.17, 15) is 8.78 Å². The third kappa shape index (κ3) is 6.54. The van der Waals surface area contributed by atoms with Crippen LogP contribution in [0.25, 0.3) is 5.70 Å². The third-order valence-corrected chi connectivity index (χ3v) is 9.45. The van der Waals surface area contributed by atoms with Crippen LogP contribution in [0.5, 0.6) is 0 Å². The van der Waals surface area contributed by atoms with Crippen LogP contribution in [0.4, 0.5) is 8.78 Å². The fraction of sp³-hybridized carbons (Fsp3) is 0.300. The van der Waals surface area contributed by atoms with Gasteiger partial charge >= 0.3 is 0 Å². The summed E-state index contributed by atoms with van der Waals surface area (Å²) in [4.78, 5) is 2.33. The van der Waals surface area contributed by atoms with Gasteiger partial charge in [-0.25, -0.2) is 8.78 Å². The van der Waals surface area contributed by atoms with E-state index in [1.165, 1.54) is 5.56 Å². The van der Waals surface area contributed by atoms with Gasteiger partial charge in [0.05, 0.1) is 17.1 Å². The summed E-state index contributed by atoms with van der Waals surface area (Å²) in [6.45, 7) is 18.3. The Bertz CT molecular complexity index is 1750. The van der Waals surface area contributed by atoms with Crippen molar-refractivity contribution in [3.05, 3.63) is 159 Å². The molecule has 2 aliphatic heterocycles. The summed E-state index contributed by atoms with van der Waals surface area (Å²) in [5.41, 5.74) is 12.0. The second kappa shape index (κ2) is 12.2. The molecule has 0 bridgehead atoms. The zero-order chi connectivity index (χ0) is 31.9. The van der Waals surface area contributed by atoms with Crippen LogP contribution in [0.3, 0.4) is 0 Å². The maximum Gasteiger partial charge on any atom is 0.126 e. The Morgan fingerprint density at radius 3 is 2.36 bits per heavy atom. The number of nitrogens with one attached hydrogen (secondary N) is 2. The van der Waals surface area contributed by atoms with E-state index in [2.05, 4.69) is 85.0 Å². The van der Waals surface area contributed by atoms with Crippen molar-refractivity contribution in [1.29, 1.82) is 0 Å². The molecule has 1 aliphatic carbocycles. The summed E-state index contributed by atoms with van der Waals surface area (Å²) < 4.78 is 28.7. The monoisotopic (exact) mass is 603 g/mol. The van der Waals surface area contributed by atoms with Gasteiger partial charge in [-0.05, 0) is 98.5 Å². The Balaban J connectivity index is 1.23. The van der Waals surface area contributed by atoms with Crippen molar-refractivity contribution >= 4 is 5.70 Å². The fourth-order valence-electron chi connectivity index (χ4n) is 6.61. The van der Waals surface area contributed by atoms with Crippen molar-refractivity contribution in [2.75, 3.05) is 13.1 Å². The molecule has 6 rings (SSSR count). The lowest BCUT2D eigenvalue weighted by molar-refractivity contribution is 0.162. The largest absolute Gasteiger partial charge is 0.373 e. The predicted octanol–water partition coefficient (Wildman–Crippen LogP) is 8.99. The van der Waals surface area contributed by atoms with Gasteiger partial charge in [0.2, 0.25) is 0 Å². The average Bonchev–Trinajstić information content (AvgIpc) is 2.96. The normalized spacial score (nSPS) is 19.6. The highest BCUT2D eigenvalue weighted by Crippen LogP contribution is 2.44. The van der Waals surface area contributed by atoms with E-state index in [1.54, 1.807) is 25.1 Å². The van der Waals surface area contributed by atoms with E-state index in [1.807, 2.05) is 19.1 Å². The maximum absolute atomic E-state index is 14.5. The van der Waals surface area contributed by atoms with Gasteiger partial charge in [-0.1, -0.05) is 79.8 Å². The molecule has 1 saturated heterocycles. The van der Waals surface area contributed by atoms with Crippen LogP contribution in [0.1, 0.15) is 66.0 Å². The van der Waals surface area contributed by atoms with E-state index in [0.29, 0.717) is 24.3 Å². The zero-order valence-corrected chi connectivity index (χ0v) is 26.9. The van der Waals surface area contributed by atoms with Crippen molar-refractivity contribution in [1.82, 2.24) is 15.5 Å². The van der Waals surface area contributed by atoms with Crippen LogP contribution in [-0.4, -0.2) is 18.0 Å². The van der Waals surface area contributed by atoms with Gasteiger partial charge in [0.1, 0.15) is 11.6 Å². The lowest BCUT2D eigenvalue weighted by Gasteiger charge is -2.48. The number of hydrogen-bond acceptors (Lipinski definition) is 3. The number of halogens is 2. The summed E-state index contributed by atoms with van der Waals surface area (Å²) in [5, 5.41) is 7.53. The maximum atomic E-state index is 14.5. The van der Waals surface area contributed by atoms with Crippen molar-refractivity contribution in [3.63, 3.8) is 0 Å². The van der Waals surface area contributed by atoms with Gasteiger partial charge in [-0.15, -0.1) is 0 Å². The van der Waals surface area contributed by atoms with E-state index >= 15 is 0 Å². The summed E-state index contributed by atoms with van der Waals surface area (Å²) in [6.07, 6.45) is 7.48. The second-order valence-corrected chi connectivity index (χ2v) is 13.4. The Kier molecular flexibility index (Phi) is 8.30. The molecule has 0 amide bonds. The molecular formula is C40H43F2N3. The zero-order valence-electron chi connectivity index (χ0n) is 26.9. The van der Waals surface area contributed by atoms with Crippen LogP contribution in [0, 0.1) is 30.9 Å². The number of aryl methyl sites for hydroxylation is 3. The van der Waals surface area contributed by atoms with Crippen molar-refractivity contribution < 1.29 is 8.78 Å². The molecule has 2 heterocycles. The molecule has 1 atom stereocenters. The summed E-state index contributed by atoms with van der Waals surface area (Å²) in [6, 6.07) is 19.5. The Morgan fingerprint density at radius 1 is 0.911 bits per heavy atom. The first-order valence-corrected chi connectivity index (χ1v) is 15.9. The molecule has 2 N–H and O–H groups in total. The van der Waals surface area contributed by atoms with E-state index in [-0.39, 0.29) is 17.0 Å². The molecule has 232 valence electrons. The minimum absolute atomic E-state index is 0.138. The van der Waals surface area contributed by atoms with Crippen LogP contribution >= 0.6 is 0 Å². The fourth-order valence-corrected chi connectivity index (χ4v) is 6.61. The molecule has 0 aromatic heterocycles. The van der Waals surface area contributed by atoms with E-state index in [0.717, 1.165) is 82.2 Å². The second-order valence-electron chi connectivity index (χ2n) is 13.4. The first-order valence-electron chi connectivity index (χ1n) is 15.9. The summed E-state index contributed by atoms with van der Waals surface area (Å²) in [7, 11) is 0. The standard InChI is InChI=1S/C40H43F2N3/c1-25(2)17-30-18-29(19-34(41)20-30)10-14-37-39(31-11-7-26(3)8-12-31)44-36-15-16-40(6,22-38(36)43-37)28(5)45-23-33(24-45)32-13-9-27(4)35(42)21-32/h7-9,11-13,15,18-22,33,43-44H,1,5,10,14,16-17,23-24H2,2-4,6H3. The molecular weight excluding hydrogens is 560 g/mol. The highest BCUT2D eigenvalue weighted by Gasteiger charge is 2.39. The number of hydrogen-bond donors (Lipinski definition) is 2. The highest BCUT2D eigenvalue weighted by atomic mass is 19.1. The molecule has 45 heavy (non-hydrogen) atoms. The van der Waals surface area contributed by atoms with Crippen LogP contribution in [-0.2, 0) is 12.8 Å². The smallest absolute Gasteiger partial charge is 0.126 e. The number of allylic oxidation sites excluding steroid dienone is 4. The lowest BCUT2D eigenvalue weighted by Crippen LogP contribution is -2.48. The first-order chi connectivity index (χ1) is 21.5. The SMILES string of the molecule is C=C(C)Cc1cc(F)cc(CCC2=C(c3ccc(C)cc3)NC3=CCC(C)(C(=C)N4CC(c5ccc(C)c(F)c5)C4)C=C3N2)c1. The molecule has 0 spiro atoms. The minimum atomic E-state index is -0.260. The van der Waals surface area contributed by atoms with Gasteiger partial charge in [-0.3, -0.25) is 0 Å².